The molecule has 0 unspecified atom stereocenters. The Morgan fingerprint density at radius 3 is 1.38 bits per heavy atom. The van der Waals surface area contributed by atoms with E-state index < -0.39 is 17.6 Å². The Balaban J connectivity index is 4.41. The predicted octanol–water partition coefficient (Wildman–Crippen LogP) is -0.919. The van der Waals surface area contributed by atoms with Crippen LogP contribution in [0.25, 0.3) is 0 Å². The lowest BCUT2D eigenvalue weighted by Crippen LogP contribution is -2.51. The van der Waals surface area contributed by atoms with Crippen molar-refractivity contribution in [1.29, 1.82) is 0 Å². The van der Waals surface area contributed by atoms with E-state index in [-0.39, 0.29) is 0 Å². The van der Waals surface area contributed by atoms with E-state index in [4.69, 9.17) is 19.2 Å². The summed E-state index contributed by atoms with van der Waals surface area (Å²) in [4.78, 5) is 36.6. The Labute approximate surface area is 79.0 Å². The first-order valence-corrected chi connectivity index (χ1v) is 7.46. The number of allylic oxidation sites excluding steroid dienone is 2. The molecule has 0 aromatic heterocycles. The van der Waals surface area contributed by atoms with Crippen LogP contribution in [0.3, 0.4) is 0 Å². The molecule has 4 N–H and O–H groups in total. The van der Waals surface area contributed by atoms with Gasteiger partial charge in [-0.25, -0.2) is 0 Å². The summed E-state index contributed by atoms with van der Waals surface area (Å²) in [5.74, 6) is 0. The average Bonchev–Trinajstić information content (AvgIpc) is 1.82. The minimum absolute atomic E-state index is 1.03. The summed E-state index contributed by atoms with van der Waals surface area (Å²) >= 11 is 0. The summed E-state index contributed by atoms with van der Waals surface area (Å²) in [5, 5.41) is 0. The molecule has 0 spiro atoms. The number of hydrogen-bond acceptors (Lipinski definition) is 5. The third-order valence-electron chi connectivity index (χ3n) is 1.07. The van der Waals surface area contributed by atoms with Crippen molar-refractivity contribution in [3.8, 4) is 0 Å². The van der Waals surface area contributed by atoms with Crippen LogP contribution in [-0.4, -0.2) is 36.8 Å². The lowest BCUT2D eigenvalue weighted by molar-refractivity contribution is 0.176. The standard InChI is InChI=1S/C6H14O5Si2/c1-3-5-12(7,8)11-13(9,10)6-4-2/h3-10H,1-2H3. The van der Waals surface area contributed by atoms with Gasteiger partial charge >= 0.3 is 17.6 Å². The normalized spacial score (nSPS) is 14.6. The molecule has 0 rings (SSSR count). The molecule has 0 fully saturated rings. The topological polar surface area (TPSA) is 90.2 Å². The van der Waals surface area contributed by atoms with Gasteiger partial charge in [0.2, 0.25) is 0 Å². The summed E-state index contributed by atoms with van der Waals surface area (Å²) in [6.07, 6.45) is 2.76. The van der Waals surface area contributed by atoms with Gasteiger partial charge in [-0.15, -0.1) is 0 Å². The highest BCUT2D eigenvalue weighted by Gasteiger charge is 2.41. The molecule has 0 aromatic carbocycles. The van der Waals surface area contributed by atoms with Crippen LogP contribution in [0.1, 0.15) is 13.8 Å². The molecule has 0 aliphatic rings. The predicted molar refractivity (Wildman–Crippen MR) is 51.1 cm³/mol. The largest absolute Gasteiger partial charge is 0.516 e. The van der Waals surface area contributed by atoms with Crippen LogP contribution < -0.4 is 0 Å². The fourth-order valence-electron chi connectivity index (χ4n) is 0.723. The smallest absolute Gasteiger partial charge is 0.387 e. The van der Waals surface area contributed by atoms with Crippen molar-refractivity contribution >= 4 is 17.6 Å². The van der Waals surface area contributed by atoms with E-state index in [1.807, 2.05) is 0 Å². The van der Waals surface area contributed by atoms with Gasteiger partial charge in [-0.1, -0.05) is 12.2 Å². The van der Waals surface area contributed by atoms with E-state index in [1.54, 1.807) is 13.8 Å². The molecule has 0 saturated carbocycles. The molecular weight excluding hydrogens is 208 g/mol. The van der Waals surface area contributed by atoms with Crippen molar-refractivity contribution in [1.82, 2.24) is 0 Å². The van der Waals surface area contributed by atoms with Crippen LogP contribution in [0.4, 0.5) is 0 Å². The Bertz CT molecular complexity index is 189. The van der Waals surface area contributed by atoms with Crippen molar-refractivity contribution in [2.75, 3.05) is 0 Å². The molecule has 5 nitrogen and oxygen atoms in total. The Morgan fingerprint density at radius 2 is 1.15 bits per heavy atom. The molecule has 76 valence electrons. The van der Waals surface area contributed by atoms with Crippen molar-refractivity contribution in [3.63, 3.8) is 0 Å². The second-order valence-electron chi connectivity index (χ2n) is 2.42. The SMILES string of the molecule is CC=C[Si](O)(O)O[Si](O)(O)C=CC. The molecule has 0 amide bonds. The Kier molecular flexibility index (Phi) is 4.71. The molecular formula is C6H14O5Si2. The van der Waals surface area contributed by atoms with E-state index in [1.165, 1.54) is 12.2 Å². The zero-order chi connectivity index (χ0) is 10.5. The maximum absolute atomic E-state index is 9.14. The van der Waals surface area contributed by atoms with Crippen LogP contribution >= 0.6 is 0 Å². The summed E-state index contributed by atoms with van der Waals surface area (Å²) in [6.45, 7) is 3.15. The molecule has 0 saturated heterocycles. The third kappa shape index (κ3) is 5.88. The maximum Gasteiger partial charge on any atom is 0.516 e. The fraction of sp³-hybridized carbons (Fsp3) is 0.333. The molecule has 13 heavy (non-hydrogen) atoms. The van der Waals surface area contributed by atoms with Crippen LogP contribution in [0, 0.1) is 0 Å². The minimum atomic E-state index is -4.05. The van der Waals surface area contributed by atoms with Gasteiger partial charge in [-0.3, -0.25) is 0 Å². The summed E-state index contributed by atoms with van der Waals surface area (Å²) in [7, 11) is -8.09. The van der Waals surface area contributed by atoms with Crippen LogP contribution in [0.15, 0.2) is 23.6 Å². The molecule has 0 radical (unpaired) electrons. The quantitative estimate of drug-likeness (QED) is 0.462. The van der Waals surface area contributed by atoms with Gasteiger partial charge < -0.3 is 23.3 Å². The lowest BCUT2D eigenvalue weighted by atomic mass is 10.8. The summed E-state index contributed by atoms with van der Waals surface area (Å²) in [6, 6.07) is 0. The van der Waals surface area contributed by atoms with E-state index in [9.17, 15) is 0 Å². The Hall–Kier alpha value is -0.286. The second-order valence-corrected chi connectivity index (χ2v) is 6.54. The van der Waals surface area contributed by atoms with Crippen molar-refractivity contribution in [2.45, 2.75) is 13.8 Å². The van der Waals surface area contributed by atoms with E-state index >= 15 is 0 Å². The van der Waals surface area contributed by atoms with E-state index in [2.05, 4.69) is 4.12 Å². The fourth-order valence-corrected chi connectivity index (χ4v) is 3.90. The van der Waals surface area contributed by atoms with Crippen LogP contribution in [-0.2, 0) is 4.12 Å². The van der Waals surface area contributed by atoms with Crippen molar-refractivity contribution in [3.05, 3.63) is 23.6 Å². The molecule has 0 atom stereocenters. The number of rotatable bonds is 4. The van der Waals surface area contributed by atoms with Gasteiger partial charge in [0.15, 0.2) is 0 Å². The Morgan fingerprint density at radius 1 is 0.846 bits per heavy atom. The minimum Gasteiger partial charge on any atom is -0.387 e. The van der Waals surface area contributed by atoms with Gasteiger partial charge in [0.05, 0.1) is 0 Å². The van der Waals surface area contributed by atoms with Crippen LogP contribution in [0.5, 0.6) is 0 Å². The van der Waals surface area contributed by atoms with E-state index in [0.29, 0.717) is 0 Å². The van der Waals surface area contributed by atoms with E-state index in [0.717, 1.165) is 11.4 Å². The van der Waals surface area contributed by atoms with Crippen molar-refractivity contribution < 1.29 is 23.3 Å². The van der Waals surface area contributed by atoms with Gasteiger partial charge in [-0.05, 0) is 25.2 Å². The van der Waals surface area contributed by atoms with Crippen LogP contribution in [0.2, 0.25) is 0 Å². The summed E-state index contributed by atoms with van der Waals surface area (Å²) < 4.78 is 4.43. The highest BCUT2D eigenvalue weighted by molar-refractivity contribution is 6.77. The molecule has 7 heteroatoms. The first-order chi connectivity index (χ1) is 5.83. The highest BCUT2D eigenvalue weighted by atomic mass is 28.5. The molecule has 0 heterocycles. The first kappa shape index (κ1) is 12.7. The molecule has 0 aliphatic carbocycles. The van der Waals surface area contributed by atoms with Gasteiger partial charge in [-0.2, -0.15) is 0 Å². The van der Waals surface area contributed by atoms with Gasteiger partial charge in [0.1, 0.15) is 0 Å². The number of hydrogen-bond donors (Lipinski definition) is 4. The average molecular weight is 222 g/mol. The zero-order valence-electron chi connectivity index (χ0n) is 7.51. The third-order valence-corrected chi connectivity index (χ3v) is 5.01. The van der Waals surface area contributed by atoms with Gasteiger partial charge in [0.25, 0.3) is 0 Å². The molecule has 0 aromatic rings. The maximum atomic E-state index is 9.14. The zero-order valence-corrected chi connectivity index (χ0v) is 9.51. The van der Waals surface area contributed by atoms with Gasteiger partial charge in [0, 0.05) is 0 Å². The summed E-state index contributed by atoms with van der Waals surface area (Å²) in [5.41, 5.74) is 2.06. The monoisotopic (exact) mass is 222 g/mol. The first-order valence-electron chi connectivity index (χ1n) is 3.70. The highest BCUT2D eigenvalue weighted by Crippen LogP contribution is 2.07. The van der Waals surface area contributed by atoms with Crippen molar-refractivity contribution in [2.24, 2.45) is 0 Å². The second kappa shape index (κ2) is 4.81. The lowest BCUT2D eigenvalue weighted by Gasteiger charge is -2.20. The molecule has 0 aliphatic heterocycles. The molecule has 0 bridgehead atoms.